The maximum Gasteiger partial charge on any atom is 0.336 e. The van der Waals surface area contributed by atoms with Crippen LogP contribution >= 0.6 is 0 Å². The second kappa shape index (κ2) is 8.38. The minimum Gasteiger partial charge on any atom is -0.497 e. The highest BCUT2D eigenvalue weighted by Crippen LogP contribution is 2.14. The van der Waals surface area contributed by atoms with Crippen LogP contribution in [0.1, 0.15) is 11.1 Å². The Hall–Kier alpha value is -3.28. The molecule has 6 nitrogen and oxygen atoms in total. The summed E-state index contributed by atoms with van der Waals surface area (Å²) in [6, 6.07) is 13.5. The van der Waals surface area contributed by atoms with Gasteiger partial charge in [0.15, 0.2) is 0 Å². The fraction of sp³-hybridized carbons (Fsp3) is 0.111. The summed E-state index contributed by atoms with van der Waals surface area (Å²) in [7, 11) is 1.59. The lowest BCUT2D eigenvalue weighted by Gasteiger charge is -2.04. The first kappa shape index (κ1) is 17.1. The van der Waals surface area contributed by atoms with Gasteiger partial charge in [-0.05, 0) is 41.5 Å². The number of benzene rings is 2. The van der Waals surface area contributed by atoms with Crippen LogP contribution in [0.4, 0.5) is 4.79 Å². The molecule has 0 bridgehead atoms. The number of hydrogen-bond acceptors (Lipinski definition) is 4. The average Bonchev–Trinajstić information content (AvgIpc) is 2.60. The van der Waals surface area contributed by atoms with E-state index in [1.54, 1.807) is 37.5 Å². The maximum atomic E-state index is 11.8. The number of nitrogens with two attached hydrogens (primary N) is 1. The van der Waals surface area contributed by atoms with Crippen LogP contribution in [0.3, 0.4) is 0 Å². The average molecular weight is 326 g/mol. The summed E-state index contributed by atoms with van der Waals surface area (Å²) in [5.74, 6) is 0.691. The van der Waals surface area contributed by atoms with Gasteiger partial charge in [-0.2, -0.15) is 0 Å². The van der Waals surface area contributed by atoms with E-state index < -0.39 is 12.0 Å². The summed E-state index contributed by atoms with van der Waals surface area (Å²) in [6.45, 7) is 0.320. The van der Waals surface area contributed by atoms with Crippen molar-refractivity contribution >= 4 is 18.1 Å². The molecule has 0 unspecified atom stereocenters. The molecular weight excluding hydrogens is 308 g/mol. The number of amides is 2. The van der Waals surface area contributed by atoms with Crippen molar-refractivity contribution in [3.63, 3.8) is 0 Å². The number of primary amides is 1. The van der Waals surface area contributed by atoms with Crippen LogP contribution in [-0.2, 0) is 11.3 Å². The van der Waals surface area contributed by atoms with Gasteiger partial charge in [-0.15, -0.1) is 0 Å². The summed E-state index contributed by atoms with van der Waals surface area (Å²) < 4.78 is 10.3. The molecule has 0 aliphatic carbocycles. The molecule has 0 spiro atoms. The summed E-state index contributed by atoms with van der Waals surface area (Å²) in [5.41, 5.74) is 6.71. The second-order valence-electron chi connectivity index (χ2n) is 4.89. The number of ether oxygens (including phenoxy) is 2. The zero-order valence-electron chi connectivity index (χ0n) is 13.2. The molecule has 0 heterocycles. The van der Waals surface area contributed by atoms with E-state index in [9.17, 15) is 9.59 Å². The standard InChI is InChI=1S/C18H18N2O4/c1-23-15-7-2-13(3-8-15)6-11-17(21)24-16-9-4-14(5-10-16)12-20-18(19)22/h2-11H,12H2,1H3,(H3,19,20,22)/b11-6+. The fourth-order valence-corrected chi connectivity index (χ4v) is 1.89. The van der Waals surface area contributed by atoms with E-state index in [0.29, 0.717) is 12.3 Å². The number of esters is 1. The number of methoxy groups -OCH3 is 1. The summed E-state index contributed by atoms with van der Waals surface area (Å²) >= 11 is 0. The third-order valence-electron chi connectivity index (χ3n) is 3.14. The first-order chi connectivity index (χ1) is 11.6. The first-order valence-corrected chi connectivity index (χ1v) is 7.23. The molecule has 0 saturated carbocycles. The molecule has 0 fully saturated rings. The van der Waals surface area contributed by atoms with E-state index in [-0.39, 0.29) is 0 Å². The van der Waals surface area contributed by atoms with Gasteiger partial charge in [-0.1, -0.05) is 24.3 Å². The van der Waals surface area contributed by atoms with Gasteiger partial charge in [-0.25, -0.2) is 9.59 Å². The van der Waals surface area contributed by atoms with Gasteiger partial charge in [0.05, 0.1) is 7.11 Å². The summed E-state index contributed by atoms with van der Waals surface area (Å²) in [6.07, 6.45) is 3.01. The van der Waals surface area contributed by atoms with Gasteiger partial charge in [0.25, 0.3) is 0 Å². The highest BCUT2D eigenvalue weighted by molar-refractivity contribution is 5.88. The molecule has 0 radical (unpaired) electrons. The zero-order valence-corrected chi connectivity index (χ0v) is 13.2. The van der Waals surface area contributed by atoms with Crippen molar-refractivity contribution in [2.24, 2.45) is 5.73 Å². The van der Waals surface area contributed by atoms with Crippen molar-refractivity contribution in [3.05, 3.63) is 65.7 Å². The third kappa shape index (κ3) is 5.49. The monoisotopic (exact) mass is 326 g/mol. The minimum atomic E-state index is -0.589. The van der Waals surface area contributed by atoms with Gasteiger partial charge < -0.3 is 20.5 Å². The number of hydrogen-bond donors (Lipinski definition) is 2. The topological polar surface area (TPSA) is 90.7 Å². The Morgan fingerprint density at radius 2 is 1.67 bits per heavy atom. The molecule has 0 atom stereocenters. The lowest BCUT2D eigenvalue weighted by atomic mass is 10.2. The Kier molecular flexibility index (Phi) is 5.96. The lowest BCUT2D eigenvalue weighted by Crippen LogP contribution is -2.28. The summed E-state index contributed by atoms with van der Waals surface area (Å²) in [5, 5.41) is 2.48. The lowest BCUT2D eigenvalue weighted by molar-refractivity contribution is -0.128. The predicted molar refractivity (Wildman–Crippen MR) is 90.5 cm³/mol. The molecule has 124 valence electrons. The Bertz CT molecular complexity index is 722. The molecule has 0 aliphatic rings. The molecule has 2 aromatic rings. The van der Waals surface area contributed by atoms with Crippen LogP contribution < -0.4 is 20.5 Å². The van der Waals surface area contributed by atoms with Gasteiger partial charge in [-0.3, -0.25) is 0 Å². The van der Waals surface area contributed by atoms with Gasteiger partial charge >= 0.3 is 12.0 Å². The third-order valence-corrected chi connectivity index (χ3v) is 3.14. The Balaban J connectivity index is 1.89. The second-order valence-corrected chi connectivity index (χ2v) is 4.89. The first-order valence-electron chi connectivity index (χ1n) is 7.23. The quantitative estimate of drug-likeness (QED) is 0.485. The Morgan fingerprint density at radius 1 is 1.04 bits per heavy atom. The number of urea groups is 1. The molecule has 0 saturated heterocycles. The van der Waals surface area contributed by atoms with Gasteiger partial charge in [0.2, 0.25) is 0 Å². The van der Waals surface area contributed by atoms with Crippen molar-refractivity contribution in [2.75, 3.05) is 7.11 Å². The minimum absolute atomic E-state index is 0.320. The van der Waals surface area contributed by atoms with Crippen molar-refractivity contribution in [1.82, 2.24) is 5.32 Å². The van der Waals surface area contributed by atoms with Gasteiger partial charge in [0, 0.05) is 12.6 Å². The van der Waals surface area contributed by atoms with Crippen LogP contribution in [-0.4, -0.2) is 19.1 Å². The highest BCUT2D eigenvalue weighted by atomic mass is 16.5. The number of rotatable bonds is 6. The van der Waals surface area contributed by atoms with E-state index in [2.05, 4.69) is 5.32 Å². The van der Waals surface area contributed by atoms with E-state index in [1.165, 1.54) is 6.08 Å². The SMILES string of the molecule is COc1ccc(/C=C/C(=O)Oc2ccc(CNC(N)=O)cc2)cc1. The molecule has 6 heteroatoms. The molecule has 24 heavy (non-hydrogen) atoms. The zero-order chi connectivity index (χ0) is 17.4. The largest absolute Gasteiger partial charge is 0.497 e. The molecule has 2 rings (SSSR count). The van der Waals surface area contributed by atoms with E-state index in [1.807, 2.05) is 24.3 Å². The summed E-state index contributed by atoms with van der Waals surface area (Å²) in [4.78, 5) is 22.4. The highest BCUT2D eigenvalue weighted by Gasteiger charge is 2.02. The molecule has 2 aromatic carbocycles. The van der Waals surface area contributed by atoms with Crippen LogP contribution in [0.5, 0.6) is 11.5 Å². The Labute approximate surface area is 139 Å². The molecule has 0 aromatic heterocycles. The predicted octanol–water partition coefficient (Wildman–Crippen LogP) is 2.48. The number of nitrogens with one attached hydrogen (secondary N) is 1. The Morgan fingerprint density at radius 3 is 2.25 bits per heavy atom. The maximum absolute atomic E-state index is 11.8. The molecule has 2 amide bonds. The molecular formula is C18H18N2O4. The van der Waals surface area contributed by atoms with E-state index in [0.717, 1.165) is 16.9 Å². The van der Waals surface area contributed by atoms with Crippen molar-refractivity contribution < 1.29 is 19.1 Å². The van der Waals surface area contributed by atoms with Crippen LogP contribution in [0.15, 0.2) is 54.6 Å². The van der Waals surface area contributed by atoms with Crippen molar-refractivity contribution in [2.45, 2.75) is 6.54 Å². The van der Waals surface area contributed by atoms with E-state index in [4.69, 9.17) is 15.2 Å². The molecule has 0 aliphatic heterocycles. The van der Waals surface area contributed by atoms with E-state index >= 15 is 0 Å². The van der Waals surface area contributed by atoms with Crippen LogP contribution in [0.2, 0.25) is 0 Å². The van der Waals surface area contributed by atoms with Gasteiger partial charge in [0.1, 0.15) is 11.5 Å². The number of carbonyl (C=O) groups is 2. The smallest absolute Gasteiger partial charge is 0.336 e. The van der Waals surface area contributed by atoms with Crippen molar-refractivity contribution in [1.29, 1.82) is 0 Å². The van der Waals surface area contributed by atoms with Crippen LogP contribution in [0.25, 0.3) is 6.08 Å². The van der Waals surface area contributed by atoms with Crippen LogP contribution in [0, 0.1) is 0 Å². The molecule has 3 N–H and O–H groups in total. The van der Waals surface area contributed by atoms with Crippen molar-refractivity contribution in [3.8, 4) is 11.5 Å². The normalized spacial score (nSPS) is 10.4. The fourth-order valence-electron chi connectivity index (χ4n) is 1.89. The number of carbonyl (C=O) groups excluding carboxylic acids is 2.